The van der Waals surface area contributed by atoms with E-state index in [1.165, 1.54) is 15.9 Å². The molecule has 3 aromatic carbocycles. The summed E-state index contributed by atoms with van der Waals surface area (Å²) < 4.78 is 0. The van der Waals surface area contributed by atoms with Gasteiger partial charge in [0.05, 0.1) is 0 Å². The Labute approximate surface area is 210 Å². The predicted octanol–water partition coefficient (Wildman–Crippen LogP) is 1.50. The van der Waals surface area contributed by atoms with Gasteiger partial charge in [-0.25, -0.2) is 0 Å². The molecular weight excluding hydrogens is 348 g/mol. The molecule has 0 fully saturated rings. The third-order valence-corrected chi connectivity index (χ3v) is 8.33. The van der Waals surface area contributed by atoms with Gasteiger partial charge >= 0.3 is 88.7 Å². The Balaban J connectivity index is 0.00000161. The van der Waals surface area contributed by atoms with Crippen molar-refractivity contribution in [1.29, 1.82) is 0 Å². The molecule has 0 aromatic heterocycles. The van der Waals surface area contributed by atoms with Crippen LogP contribution in [-0.4, -0.2) is 88.7 Å². The fourth-order valence-corrected chi connectivity index (χ4v) is 6.13. The molecule has 0 radical (unpaired) electrons. The number of rotatable bonds is 3. The standard InChI is InChI=1S/C18H15PS.3Na.3H/c20-19(16-10-4-1-5-11-16,17-12-6-2-7-13-17)18-14-8-3-9-15-18;;;;;;/h1-15H;;;;;;. The molecule has 0 atom stereocenters. The van der Waals surface area contributed by atoms with E-state index in [4.69, 9.17) is 11.8 Å². The summed E-state index contributed by atoms with van der Waals surface area (Å²) in [5.41, 5.74) is 0. The first kappa shape index (κ1) is 24.3. The van der Waals surface area contributed by atoms with Crippen molar-refractivity contribution >= 4 is 122 Å². The molecule has 0 aliphatic rings. The molecular formula is C18H18Na3PS. The van der Waals surface area contributed by atoms with Crippen LogP contribution in [0, 0.1) is 0 Å². The zero-order valence-corrected chi connectivity index (χ0v) is 12.7. The first-order chi connectivity index (χ1) is 9.82. The quantitative estimate of drug-likeness (QED) is 0.500. The van der Waals surface area contributed by atoms with Crippen LogP contribution in [-0.2, 0) is 11.8 Å². The molecule has 0 spiro atoms. The summed E-state index contributed by atoms with van der Waals surface area (Å²) in [6.07, 6.45) is 0. The monoisotopic (exact) mass is 366 g/mol. The van der Waals surface area contributed by atoms with Crippen molar-refractivity contribution in [2.24, 2.45) is 0 Å². The van der Waals surface area contributed by atoms with E-state index in [0.717, 1.165) is 0 Å². The van der Waals surface area contributed by atoms with Gasteiger partial charge in [0.25, 0.3) is 0 Å². The Morgan fingerprint density at radius 1 is 0.435 bits per heavy atom. The fourth-order valence-electron chi connectivity index (χ4n) is 2.36. The molecule has 0 aliphatic heterocycles. The van der Waals surface area contributed by atoms with Crippen LogP contribution in [0.5, 0.6) is 0 Å². The second-order valence-electron chi connectivity index (χ2n) is 4.62. The molecule has 0 amide bonds. The van der Waals surface area contributed by atoms with Crippen LogP contribution in [0.25, 0.3) is 0 Å². The van der Waals surface area contributed by atoms with Crippen molar-refractivity contribution in [3.63, 3.8) is 0 Å². The van der Waals surface area contributed by atoms with Gasteiger partial charge in [-0.3, -0.25) is 0 Å². The summed E-state index contributed by atoms with van der Waals surface area (Å²) in [6, 6.07) is 29.5. The van der Waals surface area contributed by atoms with Gasteiger partial charge in [-0.05, 0) is 15.9 Å². The van der Waals surface area contributed by atoms with Crippen LogP contribution in [0.3, 0.4) is 0 Å². The topological polar surface area (TPSA) is 0 Å². The Bertz CT molecular complexity index is 631. The minimum absolute atomic E-state index is 0. The normalized spacial score (nSPS) is 9.74. The van der Waals surface area contributed by atoms with Crippen molar-refractivity contribution in [2.45, 2.75) is 0 Å². The first-order valence-electron chi connectivity index (χ1n) is 6.59. The fraction of sp³-hybridized carbons (Fsp3) is 0. The summed E-state index contributed by atoms with van der Waals surface area (Å²) in [5, 5.41) is 3.73. The van der Waals surface area contributed by atoms with Gasteiger partial charge in [-0.1, -0.05) is 103 Å². The maximum absolute atomic E-state index is 6.21. The van der Waals surface area contributed by atoms with Crippen LogP contribution in [0.15, 0.2) is 91.0 Å². The summed E-state index contributed by atoms with van der Waals surface area (Å²) in [7, 11) is 0. The minimum atomic E-state index is -1.94. The van der Waals surface area contributed by atoms with E-state index in [1.54, 1.807) is 0 Å². The van der Waals surface area contributed by atoms with E-state index in [1.807, 2.05) is 18.2 Å². The summed E-state index contributed by atoms with van der Waals surface area (Å²) in [5.74, 6) is 0. The van der Waals surface area contributed by atoms with Gasteiger partial charge in [-0.2, -0.15) is 0 Å². The van der Waals surface area contributed by atoms with Crippen molar-refractivity contribution in [2.75, 3.05) is 0 Å². The SMILES string of the molecule is S=P(c1ccccc1)(c1ccccc1)c1ccccc1.[NaH].[NaH].[NaH]. The molecule has 0 saturated carbocycles. The van der Waals surface area contributed by atoms with Crippen LogP contribution in [0.2, 0.25) is 0 Å². The zero-order valence-electron chi connectivity index (χ0n) is 11.0. The summed E-state index contributed by atoms with van der Waals surface area (Å²) in [4.78, 5) is 0. The number of benzene rings is 3. The van der Waals surface area contributed by atoms with Gasteiger partial charge in [0.1, 0.15) is 0 Å². The van der Waals surface area contributed by atoms with Gasteiger partial charge in [0.15, 0.2) is 0 Å². The summed E-state index contributed by atoms with van der Waals surface area (Å²) >= 11 is 6.21. The molecule has 0 N–H and O–H groups in total. The molecule has 104 valence electrons. The van der Waals surface area contributed by atoms with E-state index >= 15 is 0 Å². The average molecular weight is 366 g/mol. The van der Waals surface area contributed by atoms with E-state index in [0.29, 0.717) is 0 Å². The molecule has 0 nitrogen and oxygen atoms in total. The van der Waals surface area contributed by atoms with Crippen molar-refractivity contribution in [3.05, 3.63) is 91.0 Å². The maximum atomic E-state index is 6.21. The summed E-state index contributed by atoms with van der Waals surface area (Å²) in [6.45, 7) is 0. The predicted molar refractivity (Wildman–Crippen MR) is 114 cm³/mol. The van der Waals surface area contributed by atoms with Crippen molar-refractivity contribution in [1.82, 2.24) is 0 Å². The molecule has 0 heterocycles. The molecule has 3 rings (SSSR count). The van der Waals surface area contributed by atoms with Crippen molar-refractivity contribution in [3.8, 4) is 0 Å². The first-order valence-corrected chi connectivity index (χ1v) is 9.39. The average Bonchev–Trinajstić information content (AvgIpc) is 2.56. The Morgan fingerprint density at radius 3 is 0.870 bits per heavy atom. The van der Waals surface area contributed by atoms with Crippen LogP contribution < -0.4 is 15.9 Å². The molecule has 0 unspecified atom stereocenters. The second kappa shape index (κ2) is 11.8. The van der Waals surface area contributed by atoms with E-state index in [2.05, 4.69) is 72.8 Å². The molecule has 5 heteroatoms. The van der Waals surface area contributed by atoms with E-state index in [9.17, 15) is 0 Å². The number of hydrogen-bond acceptors (Lipinski definition) is 1. The molecule has 0 aliphatic carbocycles. The van der Waals surface area contributed by atoms with Crippen LogP contribution >= 0.6 is 6.04 Å². The van der Waals surface area contributed by atoms with E-state index < -0.39 is 6.04 Å². The Kier molecular flexibility index (Phi) is 12.5. The third-order valence-electron chi connectivity index (χ3n) is 3.36. The van der Waals surface area contributed by atoms with Gasteiger partial charge in [0, 0.05) is 6.04 Å². The van der Waals surface area contributed by atoms with Gasteiger partial charge < -0.3 is 0 Å². The van der Waals surface area contributed by atoms with Gasteiger partial charge in [0.2, 0.25) is 0 Å². The molecule has 0 bridgehead atoms. The van der Waals surface area contributed by atoms with E-state index in [-0.39, 0.29) is 88.7 Å². The van der Waals surface area contributed by atoms with Gasteiger partial charge in [-0.15, -0.1) is 0 Å². The van der Waals surface area contributed by atoms with Crippen LogP contribution in [0.4, 0.5) is 0 Å². The Hall–Kier alpha value is 1.31. The molecule has 23 heavy (non-hydrogen) atoms. The van der Waals surface area contributed by atoms with Crippen LogP contribution in [0.1, 0.15) is 0 Å². The molecule has 0 saturated heterocycles. The third kappa shape index (κ3) is 5.64. The Morgan fingerprint density at radius 2 is 0.652 bits per heavy atom. The molecule has 3 aromatic rings. The number of hydrogen-bond donors (Lipinski definition) is 0. The zero-order chi connectivity index (χ0) is 13.8. The second-order valence-corrected chi connectivity index (χ2v) is 9.03. The van der Waals surface area contributed by atoms with Crippen molar-refractivity contribution < 1.29 is 0 Å².